The van der Waals surface area contributed by atoms with Crippen LogP contribution in [-0.4, -0.2) is 47.6 Å². The van der Waals surface area contributed by atoms with E-state index in [0.29, 0.717) is 12.0 Å². The fourth-order valence-electron chi connectivity index (χ4n) is 3.08. The zero-order valence-electron chi connectivity index (χ0n) is 12.8. The highest BCUT2D eigenvalue weighted by molar-refractivity contribution is 5.89. The van der Waals surface area contributed by atoms with E-state index in [1.54, 1.807) is 0 Å². The van der Waals surface area contributed by atoms with E-state index in [-0.39, 0.29) is 0 Å². The largest absolute Gasteiger partial charge is 0.368 e. The molecule has 1 aliphatic heterocycles. The molecule has 1 aromatic carbocycles. The Labute approximate surface area is 125 Å². The summed E-state index contributed by atoms with van der Waals surface area (Å²) in [5.41, 5.74) is 0.970. The zero-order valence-corrected chi connectivity index (χ0v) is 12.8. The van der Waals surface area contributed by atoms with Crippen molar-refractivity contribution in [3.63, 3.8) is 0 Å². The first-order valence-electron chi connectivity index (χ1n) is 7.74. The Kier molecular flexibility index (Phi) is 4.20. The van der Waals surface area contributed by atoms with E-state index in [4.69, 9.17) is 0 Å². The molecule has 1 unspecified atom stereocenters. The highest BCUT2D eigenvalue weighted by Crippen LogP contribution is 2.23. The Morgan fingerprint density at radius 1 is 1.29 bits per heavy atom. The predicted octanol–water partition coefficient (Wildman–Crippen LogP) is 2.57. The Morgan fingerprint density at radius 3 is 2.95 bits per heavy atom. The van der Waals surface area contributed by atoms with Crippen LogP contribution in [0.2, 0.25) is 0 Å². The predicted molar refractivity (Wildman–Crippen MR) is 87.8 cm³/mol. The summed E-state index contributed by atoms with van der Waals surface area (Å²) in [7, 11) is 1.85. The maximum atomic E-state index is 4.58. The van der Waals surface area contributed by atoms with Crippen LogP contribution in [0.1, 0.15) is 19.8 Å². The third-order valence-electron chi connectivity index (χ3n) is 4.24. The van der Waals surface area contributed by atoms with Crippen LogP contribution >= 0.6 is 0 Å². The molecule has 0 aliphatic carbocycles. The number of rotatable bonds is 5. The molecule has 3 rings (SSSR count). The van der Waals surface area contributed by atoms with Crippen LogP contribution in [0.5, 0.6) is 0 Å². The van der Waals surface area contributed by atoms with Gasteiger partial charge >= 0.3 is 0 Å². The molecule has 0 amide bonds. The van der Waals surface area contributed by atoms with Gasteiger partial charge in [0, 0.05) is 25.0 Å². The number of hydrogen-bond donors (Lipinski definition) is 2. The number of nitrogens with zero attached hydrogens (tertiary/aromatic N) is 3. The van der Waals surface area contributed by atoms with Gasteiger partial charge in [-0.15, -0.1) is 0 Å². The number of aromatic nitrogens is 2. The number of benzene rings is 1. The van der Waals surface area contributed by atoms with Gasteiger partial charge in [0.1, 0.15) is 5.82 Å². The van der Waals surface area contributed by atoms with Crippen LogP contribution < -0.4 is 10.6 Å². The van der Waals surface area contributed by atoms with Gasteiger partial charge in [-0.1, -0.05) is 19.1 Å². The summed E-state index contributed by atoms with van der Waals surface area (Å²) < 4.78 is 0. The number of hydrogen-bond acceptors (Lipinski definition) is 5. The summed E-state index contributed by atoms with van der Waals surface area (Å²) in [6.07, 6.45) is 2.56. The van der Waals surface area contributed by atoms with Crippen LogP contribution in [0, 0.1) is 0 Å². The number of likely N-dealkylation sites (tertiary alicyclic amines) is 1. The Bertz CT molecular complexity index is 613. The van der Waals surface area contributed by atoms with Crippen LogP contribution in [0.3, 0.4) is 0 Å². The molecule has 0 saturated carbocycles. The van der Waals surface area contributed by atoms with Crippen molar-refractivity contribution >= 4 is 22.7 Å². The minimum Gasteiger partial charge on any atom is -0.368 e. The molecule has 21 heavy (non-hydrogen) atoms. The van der Waals surface area contributed by atoms with Crippen molar-refractivity contribution in [2.24, 2.45) is 0 Å². The molecule has 2 aromatic rings. The molecule has 0 spiro atoms. The van der Waals surface area contributed by atoms with Crippen molar-refractivity contribution in [2.45, 2.75) is 25.8 Å². The fraction of sp³-hybridized carbons (Fsp3) is 0.500. The van der Waals surface area contributed by atoms with Gasteiger partial charge in [-0.25, -0.2) is 4.98 Å². The highest BCUT2D eigenvalue weighted by atomic mass is 15.2. The highest BCUT2D eigenvalue weighted by Gasteiger charge is 2.22. The van der Waals surface area contributed by atoms with Crippen molar-refractivity contribution in [3.05, 3.63) is 24.3 Å². The summed E-state index contributed by atoms with van der Waals surface area (Å²) in [6, 6.07) is 8.75. The van der Waals surface area contributed by atoms with Gasteiger partial charge in [-0.05, 0) is 38.1 Å². The topological polar surface area (TPSA) is 53.1 Å². The minimum absolute atomic E-state index is 0.613. The molecule has 2 N–H and O–H groups in total. The van der Waals surface area contributed by atoms with E-state index in [1.807, 2.05) is 25.2 Å². The normalized spacial score (nSPS) is 19.0. The first-order valence-corrected chi connectivity index (χ1v) is 7.74. The lowest BCUT2D eigenvalue weighted by atomic mass is 10.2. The Hall–Kier alpha value is -1.88. The summed E-state index contributed by atoms with van der Waals surface area (Å²) in [5.74, 6) is 1.59. The molecule has 1 atom stereocenters. The lowest BCUT2D eigenvalue weighted by Crippen LogP contribution is -2.34. The third kappa shape index (κ3) is 2.93. The zero-order chi connectivity index (χ0) is 14.7. The molecule has 5 nitrogen and oxygen atoms in total. The number of nitrogens with one attached hydrogen (secondary N) is 2. The van der Waals surface area contributed by atoms with E-state index < -0.39 is 0 Å². The van der Waals surface area contributed by atoms with E-state index in [1.165, 1.54) is 19.4 Å². The summed E-state index contributed by atoms with van der Waals surface area (Å²) in [4.78, 5) is 11.6. The molecule has 5 heteroatoms. The van der Waals surface area contributed by atoms with E-state index in [9.17, 15) is 0 Å². The van der Waals surface area contributed by atoms with Gasteiger partial charge in [0.05, 0.1) is 5.52 Å². The van der Waals surface area contributed by atoms with Crippen molar-refractivity contribution in [3.8, 4) is 0 Å². The van der Waals surface area contributed by atoms with Gasteiger partial charge in [0.15, 0.2) is 0 Å². The van der Waals surface area contributed by atoms with Crippen LogP contribution in [0.4, 0.5) is 11.8 Å². The summed E-state index contributed by atoms with van der Waals surface area (Å²) >= 11 is 0. The molecule has 0 bridgehead atoms. The molecule has 2 heterocycles. The summed E-state index contributed by atoms with van der Waals surface area (Å²) in [5, 5.41) is 7.65. The van der Waals surface area contributed by atoms with Crippen LogP contribution in [-0.2, 0) is 0 Å². The lowest BCUT2D eigenvalue weighted by molar-refractivity contribution is 0.277. The van der Waals surface area contributed by atoms with Gasteiger partial charge < -0.3 is 10.6 Å². The second-order valence-corrected chi connectivity index (χ2v) is 5.47. The van der Waals surface area contributed by atoms with Crippen LogP contribution in [0.25, 0.3) is 10.9 Å². The van der Waals surface area contributed by atoms with Crippen LogP contribution in [0.15, 0.2) is 24.3 Å². The molecule has 112 valence electrons. The number of anilines is 2. The third-order valence-corrected chi connectivity index (χ3v) is 4.24. The van der Waals surface area contributed by atoms with Gasteiger partial charge in [-0.2, -0.15) is 4.98 Å². The first-order chi connectivity index (χ1) is 10.3. The van der Waals surface area contributed by atoms with Gasteiger partial charge in [0.25, 0.3) is 0 Å². The smallest absolute Gasteiger partial charge is 0.224 e. The maximum absolute atomic E-state index is 4.58. The van der Waals surface area contributed by atoms with Crippen molar-refractivity contribution < 1.29 is 0 Å². The Balaban J connectivity index is 1.82. The fourth-order valence-corrected chi connectivity index (χ4v) is 3.08. The molecule has 0 radical (unpaired) electrons. The second-order valence-electron chi connectivity index (χ2n) is 5.47. The van der Waals surface area contributed by atoms with Gasteiger partial charge in [0.2, 0.25) is 5.95 Å². The molecular weight excluding hydrogens is 262 g/mol. The molecular formula is C16H23N5. The standard InChI is InChI=1S/C16H23N5/c1-3-21-10-6-7-12(21)11-18-15-13-8-4-5-9-14(13)19-16(17-2)20-15/h4-5,8-9,12H,3,6-7,10-11H2,1-2H3,(H2,17,18,19,20). The number of fused-ring (bicyclic) bond motifs is 1. The van der Waals surface area contributed by atoms with E-state index in [0.717, 1.165) is 29.8 Å². The average Bonchev–Trinajstić information content (AvgIpc) is 2.99. The van der Waals surface area contributed by atoms with E-state index in [2.05, 4.69) is 38.5 Å². The quantitative estimate of drug-likeness (QED) is 0.884. The number of para-hydroxylation sites is 1. The number of likely N-dealkylation sites (N-methyl/N-ethyl adjacent to an activating group) is 1. The van der Waals surface area contributed by atoms with Crippen molar-refractivity contribution in [1.29, 1.82) is 0 Å². The molecule has 1 aliphatic rings. The van der Waals surface area contributed by atoms with Crippen molar-refractivity contribution in [1.82, 2.24) is 14.9 Å². The Morgan fingerprint density at radius 2 is 2.14 bits per heavy atom. The summed E-state index contributed by atoms with van der Waals surface area (Å²) in [6.45, 7) is 5.52. The monoisotopic (exact) mass is 285 g/mol. The lowest BCUT2D eigenvalue weighted by Gasteiger charge is -2.23. The van der Waals surface area contributed by atoms with Gasteiger partial charge in [-0.3, -0.25) is 4.90 Å². The minimum atomic E-state index is 0.613. The SMILES string of the molecule is CCN1CCCC1CNc1nc(NC)nc2ccccc12. The molecule has 1 saturated heterocycles. The molecule has 1 aromatic heterocycles. The molecule has 1 fully saturated rings. The first kappa shape index (κ1) is 14.1. The van der Waals surface area contributed by atoms with Crippen molar-refractivity contribution in [2.75, 3.05) is 37.3 Å². The second kappa shape index (κ2) is 6.26. The van der Waals surface area contributed by atoms with E-state index >= 15 is 0 Å². The average molecular weight is 285 g/mol. The maximum Gasteiger partial charge on any atom is 0.224 e.